The normalized spacial score (nSPS) is 10.0. The average molecular weight is 257 g/mol. The van der Waals surface area contributed by atoms with Gasteiger partial charge in [-0.2, -0.15) is 0 Å². The Morgan fingerprint density at radius 3 is 2.56 bits per heavy atom. The lowest BCUT2D eigenvalue weighted by molar-refractivity contribution is 0.108. The van der Waals surface area contributed by atoms with Crippen molar-refractivity contribution in [1.82, 2.24) is 0 Å². The quantitative estimate of drug-likeness (QED) is 0.663. The lowest BCUT2D eigenvalue weighted by atomic mass is 10.2. The first kappa shape index (κ1) is 12.4. The Kier molecular flexibility index (Phi) is 3.79. The summed E-state index contributed by atoms with van der Waals surface area (Å²) in [4.78, 5) is 24.1. The highest BCUT2D eigenvalue weighted by atomic mass is 32.2. The first-order valence-electron chi connectivity index (χ1n) is 5.34. The Morgan fingerprint density at radius 1 is 1.00 bits per heavy atom. The van der Waals surface area contributed by atoms with Crippen molar-refractivity contribution in [2.24, 2.45) is 0 Å². The van der Waals surface area contributed by atoms with E-state index in [9.17, 15) is 9.59 Å². The highest BCUT2D eigenvalue weighted by Crippen LogP contribution is 2.20. The highest BCUT2D eigenvalue weighted by molar-refractivity contribution is 8.14. The number of carbonyl (C=O) groups is 1. The summed E-state index contributed by atoms with van der Waals surface area (Å²) in [5, 5.41) is -0.189. The lowest BCUT2D eigenvalue weighted by Gasteiger charge is -2.00. The van der Waals surface area contributed by atoms with Gasteiger partial charge in [0.05, 0.1) is 4.90 Å². The largest absolute Gasteiger partial charge is 0.399 e. The summed E-state index contributed by atoms with van der Waals surface area (Å²) in [5.74, 6) is 0. The van der Waals surface area contributed by atoms with Crippen molar-refractivity contribution < 1.29 is 4.79 Å². The molecule has 0 heterocycles. The van der Waals surface area contributed by atoms with Gasteiger partial charge in [-0.15, -0.1) is 0 Å². The number of carbonyl (C=O) groups excluding carboxylic acids is 1. The first-order valence-corrected chi connectivity index (χ1v) is 6.15. The minimum Gasteiger partial charge on any atom is -0.399 e. The number of thioether (sulfide) groups is 1. The minimum atomic E-state index is -0.189. The molecule has 4 heteroatoms. The van der Waals surface area contributed by atoms with Gasteiger partial charge in [-0.3, -0.25) is 9.59 Å². The van der Waals surface area contributed by atoms with Crippen LogP contribution in [0.5, 0.6) is 0 Å². The van der Waals surface area contributed by atoms with Crippen molar-refractivity contribution >= 4 is 22.6 Å². The van der Waals surface area contributed by atoms with E-state index in [1.165, 1.54) is 6.07 Å². The molecule has 0 unspecified atom stereocenters. The van der Waals surface area contributed by atoms with Gasteiger partial charge >= 0.3 is 0 Å². The van der Waals surface area contributed by atoms with E-state index in [-0.39, 0.29) is 10.5 Å². The predicted octanol–water partition coefficient (Wildman–Crippen LogP) is 2.56. The molecule has 0 saturated heterocycles. The number of rotatable bonds is 2. The Hall–Kier alpha value is -2.07. The molecule has 0 aliphatic heterocycles. The van der Waals surface area contributed by atoms with E-state index in [4.69, 9.17) is 5.73 Å². The Balaban J connectivity index is 2.28. The van der Waals surface area contributed by atoms with Crippen molar-refractivity contribution in [3.63, 3.8) is 0 Å². The summed E-state index contributed by atoms with van der Waals surface area (Å²) in [6.07, 6.45) is 0. The molecule has 90 valence electrons. The summed E-state index contributed by atoms with van der Waals surface area (Å²) in [6.45, 7) is 0. The van der Waals surface area contributed by atoms with E-state index in [0.29, 0.717) is 16.1 Å². The van der Waals surface area contributed by atoms with Gasteiger partial charge in [0.2, 0.25) is 5.12 Å². The Labute approximate surface area is 109 Å². The zero-order chi connectivity index (χ0) is 13.0. The van der Waals surface area contributed by atoms with E-state index in [1.807, 2.05) is 0 Å². The maximum Gasteiger partial charge on any atom is 0.224 e. The zero-order valence-corrected chi connectivity index (χ0v) is 10.3. The van der Waals surface area contributed by atoms with Crippen LogP contribution in [0, 0.1) is 0 Å². The molecule has 0 fully saturated rings. The van der Waals surface area contributed by atoms with E-state index in [2.05, 4.69) is 0 Å². The molecule has 0 aliphatic rings. The van der Waals surface area contributed by atoms with Gasteiger partial charge < -0.3 is 5.73 Å². The molecule has 2 aromatic carbocycles. The molecule has 0 aromatic heterocycles. The maximum atomic E-state index is 12.0. The van der Waals surface area contributed by atoms with Crippen LogP contribution in [0.4, 0.5) is 5.69 Å². The molecule has 0 saturated carbocycles. The second-order valence-corrected chi connectivity index (χ2v) is 4.67. The van der Waals surface area contributed by atoms with E-state index < -0.39 is 0 Å². The third kappa shape index (κ3) is 2.99. The van der Waals surface area contributed by atoms with Crippen LogP contribution in [0.1, 0.15) is 10.4 Å². The van der Waals surface area contributed by atoms with Crippen LogP contribution in [0.2, 0.25) is 0 Å². The van der Waals surface area contributed by atoms with E-state index in [0.717, 1.165) is 11.8 Å². The third-order valence-electron chi connectivity index (χ3n) is 2.29. The van der Waals surface area contributed by atoms with Gasteiger partial charge in [0.25, 0.3) is 0 Å². The number of nitrogens with two attached hydrogens (primary N) is 1. The fraction of sp³-hybridized carbons (Fsp3) is 0. The number of nitrogen functional groups attached to an aromatic ring is 1. The predicted molar refractivity (Wildman–Crippen MR) is 73.8 cm³/mol. The molecule has 2 N–H and O–H groups in total. The van der Waals surface area contributed by atoms with Crippen molar-refractivity contribution in [2.75, 3.05) is 5.73 Å². The van der Waals surface area contributed by atoms with Crippen LogP contribution in [-0.4, -0.2) is 5.12 Å². The second kappa shape index (κ2) is 5.51. The number of anilines is 1. The molecule has 3 nitrogen and oxygen atoms in total. The smallest absolute Gasteiger partial charge is 0.224 e. The number of hydrogen-bond donors (Lipinski definition) is 1. The SMILES string of the molecule is Nc1cccc(C(=O)Sc2cccccc2=O)c1. The van der Waals surface area contributed by atoms with Crippen molar-refractivity contribution in [2.45, 2.75) is 4.90 Å². The molecule has 0 radical (unpaired) electrons. The second-order valence-electron chi connectivity index (χ2n) is 3.65. The summed E-state index contributed by atoms with van der Waals surface area (Å²) in [7, 11) is 0. The van der Waals surface area contributed by atoms with Crippen LogP contribution in [0.25, 0.3) is 0 Å². The molecule has 18 heavy (non-hydrogen) atoms. The van der Waals surface area contributed by atoms with Crippen molar-refractivity contribution in [1.29, 1.82) is 0 Å². The van der Waals surface area contributed by atoms with Crippen molar-refractivity contribution in [3.8, 4) is 0 Å². The van der Waals surface area contributed by atoms with Crippen molar-refractivity contribution in [3.05, 3.63) is 70.4 Å². The average Bonchev–Trinajstić information content (AvgIpc) is 2.55. The van der Waals surface area contributed by atoms with Gasteiger partial charge in [-0.25, -0.2) is 0 Å². The summed E-state index contributed by atoms with van der Waals surface area (Å²) < 4.78 is 0. The molecule has 0 aliphatic carbocycles. The fourth-order valence-corrected chi connectivity index (χ4v) is 2.18. The topological polar surface area (TPSA) is 60.2 Å². The zero-order valence-electron chi connectivity index (χ0n) is 9.50. The third-order valence-corrected chi connectivity index (χ3v) is 3.26. The van der Waals surface area contributed by atoms with Crippen LogP contribution in [0.15, 0.2) is 64.3 Å². The van der Waals surface area contributed by atoms with Crippen LogP contribution >= 0.6 is 11.8 Å². The fourth-order valence-electron chi connectivity index (χ4n) is 1.42. The molecule has 2 rings (SSSR count). The molecule has 2 aromatic rings. The molecular weight excluding hydrogens is 246 g/mol. The maximum absolute atomic E-state index is 12.0. The molecule has 0 bridgehead atoms. The molecule has 0 spiro atoms. The molecule has 0 atom stereocenters. The van der Waals surface area contributed by atoms with E-state index in [1.54, 1.807) is 48.5 Å². The van der Waals surface area contributed by atoms with E-state index >= 15 is 0 Å². The summed E-state index contributed by atoms with van der Waals surface area (Å²) >= 11 is 0.918. The van der Waals surface area contributed by atoms with Gasteiger partial charge in [0.15, 0.2) is 5.43 Å². The van der Waals surface area contributed by atoms with Crippen LogP contribution in [-0.2, 0) is 0 Å². The highest BCUT2D eigenvalue weighted by Gasteiger charge is 2.09. The van der Waals surface area contributed by atoms with Gasteiger partial charge in [0.1, 0.15) is 0 Å². The first-order chi connectivity index (χ1) is 8.66. The minimum absolute atomic E-state index is 0.165. The van der Waals surface area contributed by atoms with Gasteiger partial charge in [-0.05, 0) is 36.0 Å². The Bertz CT molecular complexity index is 640. The molecular formula is C14H11NO2S. The number of benzene rings is 1. The Morgan fingerprint density at radius 2 is 1.78 bits per heavy atom. The monoisotopic (exact) mass is 257 g/mol. The summed E-state index contributed by atoms with van der Waals surface area (Å²) in [6, 6.07) is 14.9. The summed E-state index contributed by atoms with van der Waals surface area (Å²) in [5.41, 5.74) is 6.47. The van der Waals surface area contributed by atoms with Gasteiger partial charge in [-0.1, -0.05) is 30.3 Å². The lowest BCUT2D eigenvalue weighted by Crippen LogP contribution is -2.02. The standard InChI is InChI=1S/C14H11NO2S/c15-11-6-4-5-10(9-11)14(17)18-13-8-3-1-2-7-12(13)16/h1-9H,15H2. The van der Waals surface area contributed by atoms with Gasteiger partial charge in [0, 0.05) is 11.3 Å². The van der Waals surface area contributed by atoms with Crippen LogP contribution < -0.4 is 11.2 Å². The number of hydrogen-bond acceptors (Lipinski definition) is 4. The molecule has 0 amide bonds. The van der Waals surface area contributed by atoms with Crippen LogP contribution in [0.3, 0.4) is 0 Å².